The molecule has 0 aliphatic carbocycles. The Balaban J connectivity index is 3.08. The van der Waals surface area contributed by atoms with Crippen LogP contribution in [0.15, 0.2) is 12.1 Å². The molecule has 0 fully saturated rings. The van der Waals surface area contributed by atoms with Gasteiger partial charge in [0, 0.05) is 18.6 Å². The van der Waals surface area contributed by atoms with Gasteiger partial charge in [0.15, 0.2) is 0 Å². The zero-order valence-electron chi connectivity index (χ0n) is 8.09. The van der Waals surface area contributed by atoms with E-state index in [1.807, 2.05) is 0 Å². The summed E-state index contributed by atoms with van der Waals surface area (Å²) < 4.78 is 51.8. The molecule has 9 heteroatoms. The topological polar surface area (TPSA) is 88.8 Å². The monoisotopic (exact) mass is 257 g/mol. The summed E-state index contributed by atoms with van der Waals surface area (Å²) in [6, 6.07) is 1.77. The van der Waals surface area contributed by atoms with Gasteiger partial charge in [-0.15, -0.1) is 0 Å². The van der Waals surface area contributed by atoms with Crippen LogP contribution in [0.2, 0.25) is 0 Å². The molecule has 92 valence electrons. The first-order valence-electron chi connectivity index (χ1n) is 4.13. The normalized spacial score (nSPS) is 12.7. The van der Waals surface area contributed by atoms with Gasteiger partial charge in [0.1, 0.15) is 0 Å². The lowest BCUT2D eigenvalue weighted by Gasteiger charge is -2.15. The molecule has 0 bridgehead atoms. The Kier molecular flexibility index (Phi) is 2.99. The van der Waals surface area contributed by atoms with Crippen LogP contribution in [-0.2, 0) is 10.1 Å². The second-order valence-corrected chi connectivity index (χ2v) is 4.52. The molecule has 0 spiro atoms. The summed E-state index contributed by atoms with van der Waals surface area (Å²) in [6.45, 7) is 0.955. The van der Waals surface area contributed by atoms with Gasteiger partial charge in [-0.05, 0) is 0 Å². The highest BCUT2D eigenvalue weighted by atomic mass is 32.2. The minimum absolute atomic E-state index is 0.0150. The van der Waals surface area contributed by atoms with E-state index in [1.165, 1.54) is 0 Å². The maximum absolute atomic E-state index is 12.9. The summed E-state index contributed by atoms with van der Waals surface area (Å²) in [6.07, 6.45) is -0.988. The number of nitrogens with zero attached hydrogens (tertiary/aromatic N) is 1. The molecule has 1 aromatic heterocycles. The van der Waals surface area contributed by atoms with Gasteiger partial charge in [0.2, 0.25) is 11.8 Å². The molecule has 0 radical (unpaired) electrons. The average Bonchev–Trinajstić information content (AvgIpc) is 2.49. The molecule has 0 unspecified atom stereocenters. The van der Waals surface area contributed by atoms with Crippen molar-refractivity contribution < 1.29 is 31.7 Å². The number of aromatic hydroxyl groups is 2. The molecule has 0 atom stereocenters. The first-order chi connectivity index (χ1) is 7.21. The zero-order valence-corrected chi connectivity index (χ0v) is 8.91. The third-order valence-corrected chi connectivity index (χ3v) is 3.11. The van der Waals surface area contributed by atoms with E-state index in [2.05, 4.69) is 4.28 Å². The van der Waals surface area contributed by atoms with Crippen LogP contribution in [0.5, 0.6) is 11.8 Å². The van der Waals surface area contributed by atoms with Crippen LogP contribution in [0.25, 0.3) is 0 Å². The van der Waals surface area contributed by atoms with Gasteiger partial charge in [-0.2, -0.15) is 17.2 Å². The minimum atomic E-state index is -5.27. The van der Waals surface area contributed by atoms with Crippen molar-refractivity contribution in [3.8, 4) is 11.8 Å². The summed E-state index contributed by atoms with van der Waals surface area (Å²) in [5.74, 6) is -1.62. The van der Waals surface area contributed by atoms with E-state index < -0.39 is 33.6 Å². The summed E-state index contributed by atoms with van der Waals surface area (Å²) in [5.41, 5.74) is 0. The quantitative estimate of drug-likeness (QED) is 0.827. The van der Waals surface area contributed by atoms with Crippen molar-refractivity contribution in [2.75, 3.05) is 0 Å². The van der Waals surface area contributed by atoms with E-state index in [9.17, 15) is 17.2 Å². The lowest BCUT2D eigenvalue weighted by atomic mass is 10.5. The number of hydrogen-bond acceptors (Lipinski definition) is 5. The maximum atomic E-state index is 12.9. The smallest absolute Gasteiger partial charge is 0.393 e. The molecule has 0 amide bonds. The summed E-state index contributed by atoms with van der Waals surface area (Å²) in [5, 5.41) is 13.9. The lowest BCUT2D eigenvalue weighted by Crippen LogP contribution is -2.35. The molecular formula is C7H9F2NO5S. The van der Waals surface area contributed by atoms with Gasteiger partial charge in [-0.3, -0.25) is 4.28 Å². The summed E-state index contributed by atoms with van der Waals surface area (Å²) in [4.78, 5) is 0. The average molecular weight is 257 g/mol. The van der Waals surface area contributed by atoms with Crippen LogP contribution < -0.4 is 4.28 Å². The Morgan fingerprint density at radius 2 is 1.81 bits per heavy atom. The Labute approximate surface area is 89.8 Å². The van der Waals surface area contributed by atoms with E-state index in [-0.39, 0.29) is 4.73 Å². The molecule has 1 rings (SSSR count). The fourth-order valence-electron chi connectivity index (χ4n) is 0.808. The second kappa shape index (κ2) is 3.81. The first kappa shape index (κ1) is 12.6. The van der Waals surface area contributed by atoms with Gasteiger partial charge in [-0.1, -0.05) is 11.7 Å². The van der Waals surface area contributed by atoms with Crippen LogP contribution in [-0.4, -0.2) is 28.6 Å². The number of aromatic nitrogens is 1. The Hall–Kier alpha value is -1.51. The van der Waals surface area contributed by atoms with E-state index >= 15 is 0 Å². The molecule has 1 aromatic rings. The molecule has 1 heterocycles. The molecule has 2 N–H and O–H groups in total. The third kappa shape index (κ3) is 2.03. The standard InChI is InChI=1S/C7H9F2NO5S/c1-2-7(8,9)16(13,14)15-10-5(11)3-4-6(10)12/h3-4,11-12H,2H2,1H3. The Morgan fingerprint density at radius 1 is 1.38 bits per heavy atom. The third-order valence-electron chi connectivity index (χ3n) is 1.75. The summed E-state index contributed by atoms with van der Waals surface area (Å²) >= 11 is 0. The van der Waals surface area contributed by atoms with Crippen molar-refractivity contribution in [3.05, 3.63) is 12.1 Å². The van der Waals surface area contributed by atoms with Crippen LogP contribution in [0.4, 0.5) is 8.78 Å². The number of alkyl halides is 2. The van der Waals surface area contributed by atoms with Gasteiger partial charge < -0.3 is 10.2 Å². The van der Waals surface area contributed by atoms with Crippen molar-refractivity contribution >= 4 is 10.1 Å². The second-order valence-electron chi connectivity index (χ2n) is 2.86. The van der Waals surface area contributed by atoms with Gasteiger partial charge in [0.25, 0.3) is 0 Å². The zero-order chi connectivity index (χ0) is 12.6. The Bertz CT molecular complexity index is 461. The molecule has 0 saturated heterocycles. The predicted octanol–water partition coefficient (Wildman–Crippen LogP) is 0.661. The lowest BCUT2D eigenvalue weighted by molar-refractivity contribution is 0.0638. The first-order valence-corrected chi connectivity index (χ1v) is 5.54. The van der Waals surface area contributed by atoms with Crippen LogP contribution in [0.1, 0.15) is 13.3 Å². The SMILES string of the molecule is CCC(F)(F)S(=O)(=O)On1c(O)ccc1O. The van der Waals surface area contributed by atoms with E-state index in [4.69, 9.17) is 10.2 Å². The largest absolute Gasteiger partial charge is 0.492 e. The minimum Gasteiger partial charge on any atom is -0.492 e. The van der Waals surface area contributed by atoms with Crippen molar-refractivity contribution in [2.24, 2.45) is 0 Å². The molecule has 0 saturated carbocycles. The van der Waals surface area contributed by atoms with E-state index in [1.54, 1.807) is 0 Å². The number of rotatable bonds is 4. The molecule has 16 heavy (non-hydrogen) atoms. The molecule has 6 nitrogen and oxygen atoms in total. The maximum Gasteiger partial charge on any atom is 0.393 e. The van der Waals surface area contributed by atoms with Crippen molar-refractivity contribution in [1.29, 1.82) is 0 Å². The number of halogens is 2. The number of hydrogen-bond donors (Lipinski definition) is 2. The molecule has 0 aliphatic heterocycles. The highest BCUT2D eigenvalue weighted by Crippen LogP contribution is 2.28. The van der Waals surface area contributed by atoms with Crippen LogP contribution >= 0.6 is 0 Å². The van der Waals surface area contributed by atoms with Crippen molar-refractivity contribution in [3.63, 3.8) is 0 Å². The van der Waals surface area contributed by atoms with Crippen molar-refractivity contribution in [1.82, 2.24) is 4.73 Å². The highest BCUT2D eigenvalue weighted by molar-refractivity contribution is 7.88. The summed E-state index contributed by atoms with van der Waals surface area (Å²) in [7, 11) is -5.27. The highest BCUT2D eigenvalue weighted by Gasteiger charge is 2.46. The van der Waals surface area contributed by atoms with Crippen LogP contribution in [0.3, 0.4) is 0 Å². The molecule has 0 aliphatic rings. The fraction of sp³-hybridized carbons (Fsp3) is 0.429. The molecular weight excluding hydrogens is 248 g/mol. The Morgan fingerprint density at radius 3 is 2.19 bits per heavy atom. The van der Waals surface area contributed by atoms with Gasteiger partial charge >= 0.3 is 15.4 Å². The van der Waals surface area contributed by atoms with Crippen LogP contribution in [0, 0.1) is 0 Å². The van der Waals surface area contributed by atoms with E-state index in [0.717, 1.165) is 19.1 Å². The van der Waals surface area contributed by atoms with Gasteiger partial charge in [-0.25, -0.2) is 0 Å². The predicted molar refractivity (Wildman–Crippen MR) is 48.5 cm³/mol. The van der Waals surface area contributed by atoms with Gasteiger partial charge in [0.05, 0.1) is 0 Å². The fourth-order valence-corrected chi connectivity index (χ4v) is 1.62. The van der Waals surface area contributed by atoms with Crippen molar-refractivity contribution in [2.45, 2.75) is 18.6 Å². The van der Waals surface area contributed by atoms with E-state index in [0.29, 0.717) is 0 Å². The molecule has 0 aromatic carbocycles.